The lowest BCUT2D eigenvalue weighted by atomic mass is 10.0. The number of allylic oxidation sites excluding steroid dienone is 1. The van der Waals surface area contributed by atoms with Crippen LogP contribution < -0.4 is 0 Å². The molecule has 0 heterocycles. The Labute approximate surface area is 151 Å². The number of aliphatic hydroxyl groups excluding tert-OH is 1. The molecule has 0 aromatic heterocycles. The second-order valence-corrected chi connectivity index (χ2v) is 7.33. The molecule has 0 aromatic carbocycles. The fourth-order valence-corrected chi connectivity index (χ4v) is 3.24. The molecule has 144 valence electrons. The number of aliphatic hydroxyl groups is 2. The van der Waals surface area contributed by atoms with Gasteiger partial charge in [0.05, 0.1) is 0 Å². The minimum Gasteiger partial charge on any atom is -0.368 e. The van der Waals surface area contributed by atoms with Crippen molar-refractivity contribution in [2.45, 2.75) is 129 Å². The van der Waals surface area contributed by atoms with Gasteiger partial charge in [-0.3, -0.25) is 0 Å². The van der Waals surface area contributed by atoms with Gasteiger partial charge in [0.2, 0.25) is 0 Å². The van der Waals surface area contributed by atoms with Gasteiger partial charge in [-0.1, -0.05) is 103 Å². The summed E-state index contributed by atoms with van der Waals surface area (Å²) in [6.07, 6.45) is 22.2. The van der Waals surface area contributed by atoms with Crippen LogP contribution in [0.2, 0.25) is 0 Å². The number of unbranched alkanes of at least 4 members (excludes halogenated alkanes) is 13. The molecule has 0 saturated heterocycles. The van der Waals surface area contributed by atoms with Crippen LogP contribution in [0, 0.1) is 0 Å². The average molecular weight is 341 g/mol. The molecule has 0 saturated carbocycles. The van der Waals surface area contributed by atoms with Crippen LogP contribution >= 0.6 is 0 Å². The van der Waals surface area contributed by atoms with Crippen LogP contribution in [0.3, 0.4) is 0 Å². The molecule has 0 atom stereocenters. The molecule has 0 unspecified atom stereocenters. The van der Waals surface area contributed by atoms with Gasteiger partial charge in [-0.2, -0.15) is 0 Å². The van der Waals surface area contributed by atoms with Gasteiger partial charge >= 0.3 is 0 Å². The molecule has 24 heavy (non-hydrogen) atoms. The van der Waals surface area contributed by atoms with Gasteiger partial charge < -0.3 is 10.2 Å². The summed E-state index contributed by atoms with van der Waals surface area (Å²) in [5.41, 5.74) is 1.25. The standard InChI is InChI=1S/C22H44O2/c1-3-5-7-9-11-13-15-17-19-21(20-22(23)24)18-16-14-12-10-8-6-4-2/h19,22-24H,3-18,20H2,1-2H3. The molecule has 0 aliphatic heterocycles. The predicted octanol–water partition coefficient (Wildman–Crippen LogP) is 6.90. The summed E-state index contributed by atoms with van der Waals surface area (Å²) in [7, 11) is 0. The highest BCUT2D eigenvalue weighted by atomic mass is 16.5. The van der Waals surface area contributed by atoms with E-state index in [4.69, 9.17) is 0 Å². The molecule has 0 fully saturated rings. The summed E-state index contributed by atoms with van der Waals surface area (Å²) in [5.74, 6) is 0. The Morgan fingerprint density at radius 3 is 1.62 bits per heavy atom. The fraction of sp³-hybridized carbons (Fsp3) is 0.909. The van der Waals surface area contributed by atoms with Gasteiger partial charge in [-0.25, -0.2) is 0 Å². The Kier molecular flexibility index (Phi) is 18.7. The van der Waals surface area contributed by atoms with Gasteiger partial charge in [0.1, 0.15) is 0 Å². The Hall–Kier alpha value is -0.340. The van der Waals surface area contributed by atoms with Crippen LogP contribution in [0.5, 0.6) is 0 Å². The first-order valence-electron chi connectivity index (χ1n) is 10.7. The van der Waals surface area contributed by atoms with E-state index in [0.29, 0.717) is 6.42 Å². The first-order valence-corrected chi connectivity index (χ1v) is 10.7. The molecule has 0 rings (SSSR count). The number of hydrogen-bond acceptors (Lipinski definition) is 2. The van der Waals surface area contributed by atoms with E-state index in [-0.39, 0.29) is 0 Å². The Balaban J connectivity index is 3.74. The smallest absolute Gasteiger partial charge is 0.155 e. The minimum absolute atomic E-state index is 0.437. The van der Waals surface area contributed by atoms with Crippen molar-refractivity contribution in [2.75, 3.05) is 0 Å². The van der Waals surface area contributed by atoms with E-state index in [1.807, 2.05) is 0 Å². The van der Waals surface area contributed by atoms with E-state index in [1.165, 1.54) is 95.5 Å². The lowest BCUT2D eigenvalue weighted by Gasteiger charge is -2.10. The lowest BCUT2D eigenvalue weighted by molar-refractivity contribution is -0.0386. The van der Waals surface area contributed by atoms with Crippen LogP contribution in [0.4, 0.5) is 0 Å². The van der Waals surface area contributed by atoms with E-state index in [0.717, 1.165) is 12.8 Å². The Morgan fingerprint density at radius 1 is 0.667 bits per heavy atom. The zero-order valence-corrected chi connectivity index (χ0v) is 16.6. The summed E-state index contributed by atoms with van der Waals surface area (Å²) < 4.78 is 0. The van der Waals surface area contributed by atoms with Crippen LogP contribution in [0.1, 0.15) is 123 Å². The minimum atomic E-state index is -1.19. The molecule has 0 aromatic rings. The van der Waals surface area contributed by atoms with Crippen LogP contribution in [-0.4, -0.2) is 16.5 Å². The second kappa shape index (κ2) is 19.0. The third-order valence-electron chi connectivity index (χ3n) is 4.79. The molecule has 0 spiro atoms. The summed E-state index contributed by atoms with van der Waals surface area (Å²) in [4.78, 5) is 0. The summed E-state index contributed by atoms with van der Waals surface area (Å²) >= 11 is 0. The highest BCUT2D eigenvalue weighted by Gasteiger charge is 2.04. The summed E-state index contributed by atoms with van der Waals surface area (Å²) in [5, 5.41) is 18.5. The molecule has 0 amide bonds. The Bertz CT molecular complexity index is 271. The highest BCUT2D eigenvalue weighted by Crippen LogP contribution is 2.18. The van der Waals surface area contributed by atoms with Crippen molar-refractivity contribution in [1.29, 1.82) is 0 Å². The molecule has 0 aliphatic carbocycles. The third kappa shape index (κ3) is 18.0. The predicted molar refractivity (Wildman–Crippen MR) is 106 cm³/mol. The first-order chi connectivity index (χ1) is 11.7. The van der Waals surface area contributed by atoms with Crippen molar-refractivity contribution in [2.24, 2.45) is 0 Å². The molecule has 2 nitrogen and oxygen atoms in total. The van der Waals surface area contributed by atoms with Crippen LogP contribution in [0.25, 0.3) is 0 Å². The van der Waals surface area contributed by atoms with Crippen molar-refractivity contribution in [3.63, 3.8) is 0 Å². The SMILES string of the molecule is CCCCCCCCCC=C(CCCCCCCCC)CC(O)O. The molecule has 0 aliphatic rings. The summed E-state index contributed by atoms with van der Waals surface area (Å²) in [6.45, 7) is 4.51. The summed E-state index contributed by atoms with van der Waals surface area (Å²) in [6, 6.07) is 0. The zero-order chi connectivity index (χ0) is 17.9. The molecular weight excluding hydrogens is 296 g/mol. The number of rotatable bonds is 18. The van der Waals surface area contributed by atoms with Gasteiger partial charge in [0, 0.05) is 6.42 Å². The van der Waals surface area contributed by atoms with E-state index in [1.54, 1.807) is 0 Å². The molecule has 0 radical (unpaired) electrons. The fourth-order valence-electron chi connectivity index (χ4n) is 3.24. The largest absolute Gasteiger partial charge is 0.368 e. The van der Waals surface area contributed by atoms with Crippen molar-refractivity contribution in [1.82, 2.24) is 0 Å². The van der Waals surface area contributed by atoms with Crippen molar-refractivity contribution in [3.8, 4) is 0 Å². The lowest BCUT2D eigenvalue weighted by Crippen LogP contribution is -2.05. The maximum Gasteiger partial charge on any atom is 0.155 e. The third-order valence-corrected chi connectivity index (χ3v) is 4.79. The molecule has 2 N–H and O–H groups in total. The van der Waals surface area contributed by atoms with Crippen molar-refractivity contribution < 1.29 is 10.2 Å². The van der Waals surface area contributed by atoms with Gasteiger partial charge in [0.25, 0.3) is 0 Å². The van der Waals surface area contributed by atoms with Crippen molar-refractivity contribution in [3.05, 3.63) is 11.6 Å². The van der Waals surface area contributed by atoms with Crippen LogP contribution in [0.15, 0.2) is 11.6 Å². The second-order valence-electron chi connectivity index (χ2n) is 7.33. The normalized spacial score (nSPS) is 12.3. The van der Waals surface area contributed by atoms with Crippen LogP contribution in [-0.2, 0) is 0 Å². The van der Waals surface area contributed by atoms with E-state index in [9.17, 15) is 10.2 Å². The Morgan fingerprint density at radius 2 is 1.12 bits per heavy atom. The maximum absolute atomic E-state index is 9.26. The van der Waals surface area contributed by atoms with Gasteiger partial charge in [0.15, 0.2) is 6.29 Å². The maximum atomic E-state index is 9.26. The molecule has 2 heteroatoms. The average Bonchev–Trinajstić information content (AvgIpc) is 2.55. The number of hydrogen-bond donors (Lipinski definition) is 2. The monoisotopic (exact) mass is 340 g/mol. The molecule has 0 bridgehead atoms. The zero-order valence-electron chi connectivity index (χ0n) is 16.6. The van der Waals surface area contributed by atoms with Crippen molar-refractivity contribution >= 4 is 0 Å². The van der Waals surface area contributed by atoms with E-state index < -0.39 is 6.29 Å². The van der Waals surface area contributed by atoms with Gasteiger partial charge in [-0.15, -0.1) is 0 Å². The highest BCUT2D eigenvalue weighted by molar-refractivity contribution is 5.02. The van der Waals surface area contributed by atoms with E-state index in [2.05, 4.69) is 19.9 Å². The topological polar surface area (TPSA) is 40.5 Å². The van der Waals surface area contributed by atoms with Gasteiger partial charge in [-0.05, 0) is 25.7 Å². The molecular formula is C22H44O2. The van der Waals surface area contributed by atoms with E-state index >= 15 is 0 Å². The quantitative estimate of drug-likeness (QED) is 0.162. The first kappa shape index (κ1) is 23.7.